The quantitative estimate of drug-likeness (QED) is 0.741. The van der Waals surface area contributed by atoms with E-state index in [0.29, 0.717) is 5.76 Å². The first-order chi connectivity index (χ1) is 13.2. The second kappa shape index (κ2) is 7.64. The standard InChI is InChI=1S/C16H16F2N4O5S/c1-10-9-13(20-27-10)19-15(23)16(24)21-5-7-22(8-6-21)28(25,26)14-11(17)3-2-4-12(14)18/h2-4,9H,5-8H2,1H3,(H,19,20,23). The van der Waals surface area contributed by atoms with Crippen LogP contribution in [-0.4, -0.2) is 60.8 Å². The number of aromatic nitrogens is 1. The minimum absolute atomic E-state index is 0.0760. The molecule has 9 nitrogen and oxygen atoms in total. The summed E-state index contributed by atoms with van der Waals surface area (Å²) in [6.07, 6.45) is 0. The number of nitrogens with one attached hydrogen (secondary N) is 1. The number of carbonyl (C=O) groups excluding carboxylic acids is 2. The van der Waals surface area contributed by atoms with E-state index in [9.17, 15) is 26.8 Å². The van der Waals surface area contributed by atoms with Crippen molar-refractivity contribution in [3.05, 3.63) is 41.7 Å². The minimum atomic E-state index is -4.42. The van der Waals surface area contributed by atoms with Crippen molar-refractivity contribution in [2.24, 2.45) is 0 Å². The van der Waals surface area contributed by atoms with Gasteiger partial charge in [0.15, 0.2) is 10.7 Å². The molecule has 150 valence electrons. The van der Waals surface area contributed by atoms with Gasteiger partial charge in [0.05, 0.1) is 0 Å². The van der Waals surface area contributed by atoms with Crippen LogP contribution in [0.15, 0.2) is 33.7 Å². The van der Waals surface area contributed by atoms with Gasteiger partial charge in [0.2, 0.25) is 10.0 Å². The molecule has 1 aliphatic rings. The third-order valence-corrected chi connectivity index (χ3v) is 6.06. The summed E-state index contributed by atoms with van der Waals surface area (Å²) in [5, 5.41) is 5.82. The lowest BCUT2D eigenvalue weighted by Crippen LogP contribution is -2.53. The molecule has 0 spiro atoms. The Labute approximate surface area is 158 Å². The van der Waals surface area contributed by atoms with Gasteiger partial charge >= 0.3 is 11.8 Å². The van der Waals surface area contributed by atoms with Crippen molar-refractivity contribution in [3.8, 4) is 0 Å². The first kappa shape index (κ1) is 19.9. The van der Waals surface area contributed by atoms with E-state index in [2.05, 4.69) is 10.5 Å². The molecule has 28 heavy (non-hydrogen) atoms. The number of aryl methyl sites for hydroxylation is 1. The Hall–Kier alpha value is -2.86. The van der Waals surface area contributed by atoms with Crippen molar-refractivity contribution >= 4 is 27.7 Å². The molecule has 3 rings (SSSR count). The molecule has 0 saturated carbocycles. The van der Waals surface area contributed by atoms with Crippen LogP contribution in [0.25, 0.3) is 0 Å². The maximum atomic E-state index is 13.8. The molecular weight excluding hydrogens is 398 g/mol. The number of rotatable bonds is 3. The van der Waals surface area contributed by atoms with Crippen LogP contribution < -0.4 is 5.32 Å². The van der Waals surface area contributed by atoms with Crippen LogP contribution in [-0.2, 0) is 19.6 Å². The van der Waals surface area contributed by atoms with Crippen LogP contribution in [0.5, 0.6) is 0 Å². The summed E-state index contributed by atoms with van der Waals surface area (Å²) in [4.78, 5) is 24.3. The number of piperazine rings is 1. The summed E-state index contributed by atoms with van der Waals surface area (Å²) in [7, 11) is -4.42. The Kier molecular flexibility index (Phi) is 5.42. The Morgan fingerprint density at radius 2 is 1.75 bits per heavy atom. The zero-order valence-electron chi connectivity index (χ0n) is 14.7. The second-order valence-electron chi connectivity index (χ2n) is 6.02. The maximum absolute atomic E-state index is 13.8. The number of nitrogens with zero attached hydrogens (tertiary/aromatic N) is 3. The molecule has 1 saturated heterocycles. The molecule has 1 aromatic heterocycles. The van der Waals surface area contributed by atoms with Crippen molar-refractivity contribution in [1.29, 1.82) is 0 Å². The van der Waals surface area contributed by atoms with Gasteiger partial charge in [-0.3, -0.25) is 14.9 Å². The highest BCUT2D eigenvalue weighted by Gasteiger charge is 2.35. The van der Waals surface area contributed by atoms with Crippen LogP contribution in [0.2, 0.25) is 0 Å². The fourth-order valence-electron chi connectivity index (χ4n) is 2.73. The average Bonchev–Trinajstić information content (AvgIpc) is 3.05. The van der Waals surface area contributed by atoms with Crippen molar-refractivity contribution in [1.82, 2.24) is 14.4 Å². The molecule has 0 radical (unpaired) electrons. The Balaban J connectivity index is 1.65. The van der Waals surface area contributed by atoms with Gasteiger partial charge in [-0.2, -0.15) is 4.31 Å². The fourth-order valence-corrected chi connectivity index (χ4v) is 4.26. The van der Waals surface area contributed by atoms with Crippen molar-refractivity contribution < 1.29 is 31.3 Å². The minimum Gasteiger partial charge on any atom is -0.360 e. The Bertz CT molecular complexity index is 996. The lowest BCUT2D eigenvalue weighted by atomic mass is 10.3. The van der Waals surface area contributed by atoms with Crippen molar-refractivity contribution in [3.63, 3.8) is 0 Å². The molecule has 2 heterocycles. The van der Waals surface area contributed by atoms with E-state index in [0.717, 1.165) is 27.4 Å². The Morgan fingerprint density at radius 3 is 2.29 bits per heavy atom. The van der Waals surface area contributed by atoms with Crippen molar-refractivity contribution in [2.75, 3.05) is 31.5 Å². The number of hydrogen-bond acceptors (Lipinski definition) is 6. The van der Waals surface area contributed by atoms with Gasteiger partial charge in [-0.25, -0.2) is 17.2 Å². The number of benzene rings is 1. The van der Waals surface area contributed by atoms with E-state index in [1.54, 1.807) is 6.92 Å². The van der Waals surface area contributed by atoms with Crippen LogP contribution >= 0.6 is 0 Å². The van der Waals surface area contributed by atoms with Crippen LogP contribution in [0.3, 0.4) is 0 Å². The first-order valence-electron chi connectivity index (χ1n) is 8.18. The number of sulfonamides is 1. The van der Waals surface area contributed by atoms with Crippen LogP contribution in [0.4, 0.5) is 14.6 Å². The maximum Gasteiger partial charge on any atom is 0.315 e. The molecule has 1 aliphatic heterocycles. The summed E-state index contributed by atoms with van der Waals surface area (Å²) in [6, 6.07) is 4.20. The normalized spacial score (nSPS) is 15.5. The molecule has 0 atom stereocenters. The summed E-state index contributed by atoms with van der Waals surface area (Å²) in [6.45, 7) is 0.970. The molecule has 2 amide bonds. The van der Waals surface area contributed by atoms with E-state index in [-0.39, 0.29) is 32.0 Å². The van der Waals surface area contributed by atoms with Gasteiger partial charge in [-0.1, -0.05) is 11.2 Å². The summed E-state index contributed by atoms with van der Waals surface area (Å²) < 4.78 is 58.4. The summed E-state index contributed by atoms with van der Waals surface area (Å²) >= 11 is 0. The van der Waals surface area contributed by atoms with Gasteiger partial charge in [0, 0.05) is 32.2 Å². The third kappa shape index (κ3) is 3.87. The molecule has 0 aliphatic carbocycles. The molecule has 2 aromatic rings. The molecule has 0 bridgehead atoms. The molecule has 1 fully saturated rings. The molecule has 1 N–H and O–H groups in total. The predicted octanol–water partition coefficient (Wildman–Crippen LogP) is 0.733. The SMILES string of the molecule is Cc1cc(NC(=O)C(=O)N2CCN(S(=O)(=O)c3c(F)cccc3F)CC2)no1. The lowest BCUT2D eigenvalue weighted by molar-refractivity contribution is -0.143. The first-order valence-corrected chi connectivity index (χ1v) is 9.62. The highest BCUT2D eigenvalue weighted by atomic mass is 32.2. The van der Waals surface area contributed by atoms with Crippen molar-refractivity contribution in [2.45, 2.75) is 11.8 Å². The molecule has 12 heteroatoms. The Morgan fingerprint density at radius 1 is 1.14 bits per heavy atom. The number of carbonyl (C=O) groups is 2. The monoisotopic (exact) mass is 414 g/mol. The summed E-state index contributed by atoms with van der Waals surface area (Å²) in [5.41, 5.74) is 0. The topological polar surface area (TPSA) is 113 Å². The second-order valence-corrected chi connectivity index (χ2v) is 7.90. The molecule has 0 unspecified atom stereocenters. The number of hydrogen-bond donors (Lipinski definition) is 1. The van der Waals surface area contributed by atoms with E-state index >= 15 is 0 Å². The average molecular weight is 414 g/mol. The number of amides is 2. The largest absolute Gasteiger partial charge is 0.360 e. The van der Waals surface area contributed by atoms with E-state index in [1.807, 2.05) is 0 Å². The highest BCUT2D eigenvalue weighted by molar-refractivity contribution is 7.89. The number of halogens is 2. The summed E-state index contributed by atoms with van der Waals surface area (Å²) in [5.74, 6) is -3.70. The zero-order chi connectivity index (χ0) is 20.5. The van der Waals surface area contributed by atoms with Gasteiger partial charge in [-0.05, 0) is 19.1 Å². The smallest absolute Gasteiger partial charge is 0.315 e. The lowest BCUT2D eigenvalue weighted by Gasteiger charge is -2.33. The van der Waals surface area contributed by atoms with Gasteiger partial charge in [0.1, 0.15) is 17.4 Å². The van der Waals surface area contributed by atoms with Crippen LogP contribution in [0, 0.1) is 18.6 Å². The molecule has 1 aromatic carbocycles. The fraction of sp³-hybridized carbons (Fsp3) is 0.312. The third-order valence-electron chi connectivity index (χ3n) is 4.11. The van der Waals surface area contributed by atoms with Gasteiger partial charge in [-0.15, -0.1) is 0 Å². The highest BCUT2D eigenvalue weighted by Crippen LogP contribution is 2.23. The van der Waals surface area contributed by atoms with E-state index in [1.165, 1.54) is 6.07 Å². The van der Waals surface area contributed by atoms with Crippen LogP contribution in [0.1, 0.15) is 5.76 Å². The van der Waals surface area contributed by atoms with E-state index < -0.39 is 38.4 Å². The predicted molar refractivity (Wildman–Crippen MR) is 91.6 cm³/mol. The van der Waals surface area contributed by atoms with E-state index in [4.69, 9.17) is 4.52 Å². The number of anilines is 1. The zero-order valence-corrected chi connectivity index (χ0v) is 15.5. The molecular formula is C16H16F2N4O5S. The van der Waals surface area contributed by atoms with Gasteiger partial charge < -0.3 is 9.42 Å². The van der Waals surface area contributed by atoms with Gasteiger partial charge in [0.25, 0.3) is 0 Å².